The van der Waals surface area contributed by atoms with Crippen LogP contribution in [0.25, 0.3) is 22.2 Å². The molecule has 0 fully saturated rings. The molecular weight excluding hydrogens is 396 g/mol. The number of hydrogen-bond donors (Lipinski definition) is 1. The second-order valence-electron chi connectivity index (χ2n) is 6.20. The van der Waals surface area contributed by atoms with E-state index in [1.54, 1.807) is 30.3 Å². The first kappa shape index (κ1) is 18.8. The molecule has 0 saturated carbocycles. The minimum atomic E-state index is -0.763. The van der Waals surface area contributed by atoms with E-state index in [1.807, 2.05) is 18.2 Å². The van der Waals surface area contributed by atoms with Crippen LogP contribution in [-0.2, 0) is 0 Å². The maximum Gasteiger partial charge on any atom is 0.174 e. The number of aliphatic imine (C=N–C) groups is 1. The summed E-state index contributed by atoms with van der Waals surface area (Å²) in [6, 6.07) is 15.8. The summed E-state index contributed by atoms with van der Waals surface area (Å²) < 4.78 is 32.7. The fourth-order valence-electron chi connectivity index (χ4n) is 2.90. The van der Waals surface area contributed by atoms with Crippen LogP contribution in [0.2, 0.25) is 5.02 Å². The standard InChI is InChI=1S/C22H14ClF2N3O/c23-15-4-1-13(2-5-15)22-17-11-14(3-7-20(17)28-29-22)19(9-10-26)27-21-8-6-16(24)12-18(21)25/h1-12H,26H2. The Morgan fingerprint density at radius 3 is 2.55 bits per heavy atom. The molecule has 0 saturated heterocycles. The molecule has 4 nitrogen and oxygen atoms in total. The lowest BCUT2D eigenvalue weighted by atomic mass is 10.0. The number of nitrogens with zero attached hydrogens (tertiary/aromatic N) is 2. The zero-order valence-electron chi connectivity index (χ0n) is 14.9. The van der Waals surface area contributed by atoms with Crippen molar-refractivity contribution in [1.82, 2.24) is 5.16 Å². The van der Waals surface area contributed by atoms with Crippen LogP contribution < -0.4 is 5.73 Å². The molecule has 0 aliphatic carbocycles. The Hall–Kier alpha value is -3.51. The van der Waals surface area contributed by atoms with Crippen molar-refractivity contribution in [2.75, 3.05) is 0 Å². The predicted molar refractivity (Wildman–Crippen MR) is 110 cm³/mol. The van der Waals surface area contributed by atoms with Gasteiger partial charge in [0, 0.05) is 22.2 Å². The maximum atomic E-state index is 14.1. The number of hydrogen-bond acceptors (Lipinski definition) is 4. The molecule has 3 aromatic carbocycles. The summed E-state index contributed by atoms with van der Waals surface area (Å²) in [5.74, 6) is -0.862. The number of rotatable bonds is 4. The van der Waals surface area contributed by atoms with Gasteiger partial charge in [-0.05, 0) is 60.8 Å². The van der Waals surface area contributed by atoms with E-state index >= 15 is 0 Å². The highest BCUT2D eigenvalue weighted by molar-refractivity contribution is 6.30. The summed E-state index contributed by atoms with van der Waals surface area (Å²) in [4.78, 5) is 4.30. The number of aromatic nitrogens is 1. The van der Waals surface area contributed by atoms with Crippen molar-refractivity contribution in [2.45, 2.75) is 0 Å². The fourth-order valence-corrected chi connectivity index (χ4v) is 3.03. The molecule has 7 heteroatoms. The highest BCUT2D eigenvalue weighted by Crippen LogP contribution is 2.31. The highest BCUT2D eigenvalue weighted by atomic mass is 35.5. The Morgan fingerprint density at radius 1 is 1.03 bits per heavy atom. The monoisotopic (exact) mass is 409 g/mol. The van der Waals surface area contributed by atoms with Gasteiger partial charge >= 0.3 is 0 Å². The number of halogens is 3. The van der Waals surface area contributed by atoms with Crippen molar-refractivity contribution in [3.8, 4) is 11.3 Å². The first-order valence-corrected chi connectivity index (χ1v) is 9.01. The maximum absolute atomic E-state index is 14.1. The topological polar surface area (TPSA) is 64.4 Å². The van der Waals surface area contributed by atoms with E-state index < -0.39 is 11.6 Å². The summed E-state index contributed by atoms with van der Waals surface area (Å²) in [6.07, 6.45) is 2.84. The Labute approximate surface area is 169 Å². The Balaban J connectivity index is 1.83. The van der Waals surface area contributed by atoms with E-state index in [0.717, 1.165) is 23.1 Å². The molecule has 144 valence electrons. The van der Waals surface area contributed by atoms with Crippen LogP contribution in [0.3, 0.4) is 0 Å². The third-order valence-electron chi connectivity index (χ3n) is 4.28. The van der Waals surface area contributed by atoms with Gasteiger partial charge in [-0.25, -0.2) is 13.8 Å². The van der Waals surface area contributed by atoms with Crippen LogP contribution in [0.5, 0.6) is 0 Å². The van der Waals surface area contributed by atoms with Gasteiger partial charge in [-0.2, -0.15) is 0 Å². The largest absolute Gasteiger partial charge is 0.405 e. The smallest absolute Gasteiger partial charge is 0.174 e. The quantitative estimate of drug-likeness (QED) is 0.419. The van der Waals surface area contributed by atoms with E-state index in [2.05, 4.69) is 10.1 Å². The fraction of sp³-hybridized carbons (Fsp3) is 0. The van der Waals surface area contributed by atoms with Crippen LogP contribution >= 0.6 is 11.6 Å². The first-order valence-electron chi connectivity index (χ1n) is 8.63. The van der Waals surface area contributed by atoms with Gasteiger partial charge in [-0.15, -0.1) is 0 Å². The summed E-state index contributed by atoms with van der Waals surface area (Å²) in [5.41, 5.74) is 8.09. The molecule has 29 heavy (non-hydrogen) atoms. The molecule has 4 aromatic rings. The molecule has 2 N–H and O–H groups in total. The summed E-state index contributed by atoms with van der Waals surface area (Å²) in [5, 5.41) is 5.44. The van der Waals surface area contributed by atoms with Crippen molar-refractivity contribution in [2.24, 2.45) is 10.7 Å². The highest BCUT2D eigenvalue weighted by Gasteiger charge is 2.13. The molecule has 0 aliphatic rings. The summed E-state index contributed by atoms with van der Waals surface area (Å²) in [6.45, 7) is 0. The predicted octanol–water partition coefficient (Wildman–Crippen LogP) is 6.02. The lowest BCUT2D eigenvalue weighted by Gasteiger charge is -2.04. The molecule has 0 bridgehead atoms. The second kappa shape index (κ2) is 7.85. The Bertz CT molecular complexity index is 1250. The van der Waals surface area contributed by atoms with Gasteiger partial charge in [-0.3, -0.25) is 0 Å². The summed E-state index contributed by atoms with van der Waals surface area (Å²) in [7, 11) is 0. The minimum absolute atomic E-state index is 0.00263. The van der Waals surface area contributed by atoms with E-state index in [-0.39, 0.29) is 5.69 Å². The zero-order chi connectivity index (χ0) is 20.4. The third-order valence-corrected chi connectivity index (χ3v) is 4.54. The third kappa shape index (κ3) is 3.88. The van der Waals surface area contributed by atoms with Crippen molar-refractivity contribution in [1.29, 1.82) is 0 Å². The van der Waals surface area contributed by atoms with Crippen molar-refractivity contribution in [3.05, 3.63) is 95.2 Å². The van der Waals surface area contributed by atoms with E-state index in [9.17, 15) is 8.78 Å². The van der Waals surface area contributed by atoms with Crippen LogP contribution in [0.1, 0.15) is 5.56 Å². The van der Waals surface area contributed by atoms with Gasteiger partial charge < -0.3 is 10.3 Å². The number of allylic oxidation sites excluding steroid dienone is 1. The first-order chi connectivity index (χ1) is 14.0. The van der Waals surface area contributed by atoms with Gasteiger partial charge in [0.25, 0.3) is 0 Å². The zero-order valence-corrected chi connectivity index (χ0v) is 15.7. The van der Waals surface area contributed by atoms with Crippen LogP contribution in [0, 0.1) is 11.6 Å². The molecular formula is C22H14ClF2N3O. The minimum Gasteiger partial charge on any atom is -0.405 e. The molecule has 1 heterocycles. The van der Waals surface area contributed by atoms with Gasteiger partial charge in [-0.1, -0.05) is 22.8 Å². The van der Waals surface area contributed by atoms with Gasteiger partial charge in [0.1, 0.15) is 11.3 Å². The molecule has 1 aromatic heterocycles. The second-order valence-corrected chi connectivity index (χ2v) is 6.64. The lowest BCUT2D eigenvalue weighted by Crippen LogP contribution is -1.98. The summed E-state index contributed by atoms with van der Waals surface area (Å²) >= 11 is 5.96. The van der Waals surface area contributed by atoms with E-state index in [1.165, 1.54) is 12.3 Å². The number of benzene rings is 3. The molecule has 0 spiro atoms. The van der Waals surface area contributed by atoms with Crippen molar-refractivity contribution < 1.29 is 13.3 Å². The van der Waals surface area contributed by atoms with Gasteiger partial charge in [0.15, 0.2) is 11.6 Å². The van der Waals surface area contributed by atoms with Crippen molar-refractivity contribution in [3.63, 3.8) is 0 Å². The molecule has 0 unspecified atom stereocenters. The van der Waals surface area contributed by atoms with Gasteiger partial charge in [0.2, 0.25) is 0 Å². The molecule has 0 amide bonds. The van der Waals surface area contributed by atoms with Crippen LogP contribution in [-0.4, -0.2) is 10.9 Å². The Morgan fingerprint density at radius 2 is 1.83 bits per heavy atom. The van der Waals surface area contributed by atoms with Gasteiger partial charge in [0.05, 0.1) is 16.8 Å². The van der Waals surface area contributed by atoms with E-state index in [4.69, 9.17) is 21.9 Å². The SMILES string of the molecule is NC=CC(=Nc1ccc(F)cc1F)c1ccc2noc(-c3ccc(Cl)cc3)c2c1. The van der Waals surface area contributed by atoms with E-state index in [0.29, 0.717) is 27.6 Å². The molecule has 4 rings (SSSR count). The molecule has 0 radical (unpaired) electrons. The Kier molecular flexibility index (Phi) is 5.10. The van der Waals surface area contributed by atoms with Crippen molar-refractivity contribution >= 4 is 33.9 Å². The average Bonchev–Trinajstić information content (AvgIpc) is 3.13. The molecule has 0 aliphatic heterocycles. The number of nitrogens with two attached hydrogens (primary N) is 1. The number of fused-ring (bicyclic) bond motifs is 1. The van der Waals surface area contributed by atoms with Crippen LogP contribution in [0.15, 0.2) is 82.5 Å². The average molecular weight is 410 g/mol. The van der Waals surface area contributed by atoms with Crippen LogP contribution in [0.4, 0.5) is 14.5 Å². The normalized spacial score (nSPS) is 12.2. The molecule has 0 atom stereocenters. The lowest BCUT2D eigenvalue weighted by molar-refractivity contribution is 0.441.